The zero-order valence-corrected chi connectivity index (χ0v) is 16.7. The molecule has 14 N–H and O–H groups in total. The van der Waals surface area contributed by atoms with Crippen molar-refractivity contribution in [2.75, 3.05) is 26.5 Å². The highest BCUT2D eigenvalue weighted by molar-refractivity contribution is 5.91. The first-order valence-corrected chi connectivity index (χ1v) is 8.93. The number of urea groups is 2. The maximum Gasteiger partial charge on any atom is 0.338 e. The highest BCUT2D eigenvalue weighted by atomic mass is 16.5. The summed E-state index contributed by atoms with van der Waals surface area (Å²) in [6.45, 7) is -3.99. The Labute approximate surface area is 180 Å². The highest BCUT2D eigenvalue weighted by Gasteiger charge is 2.46. The number of nitrogens with two attached hydrogens (primary N) is 2. The van der Waals surface area contributed by atoms with Crippen molar-refractivity contribution < 1.29 is 60.0 Å². The van der Waals surface area contributed by atoms with Gasteiger partial charge >= 0.3 is 12.1 Å². The Kier molecular flexibility index (Phi) is 12.9. The van der Waals surface area contributed by atoms with Crippen LogP contribution in [-0.2, 0) is 9.53 Å². The molecule has 0 spiro atoms. The maximum atomic E-state index is 12.3. The quantitative estimate of drug-likeness (QED) is 0.0781. The Morgan fingerprint density at radius 1 is 1.03 bits per heavy atom. The zero-order valence-electron chi connectivity index (χ0n) is 16.7. The number of rotatable bonds is 15. The number of nitrogens with one attached hydrogen (secondary N) is 2. The Morgan fingerprint density at radius 2 is 1.59 bits per heavy atom. The molecular formula is C15H29N5O12. The molecule has 0 bridgehead atoms. The fourth-order valence-electron chi connectivity index (χ4n) is 2.26. The molecule has 0 aromatic rings. The van der Waals surface area contributed by atoms with E-state index >= 15 is 0 Å². The predicted molar refractivity (Wildman–Crippen MR) is 103 cm³/mol. The molecule has 0 radical (unpaired) electrons. The average molecular weight is 471 g/mol. The number of carbonyl (C=O) groups is 3. The highest BCUT2D eigenvalue weighted by Crippen LogP contribution is 2.14. The van der Waals surface area contributed by atoms with Crippen molar-refractivity contribution in [2.45, 2.75) is 42.3 Å². The van der Waals surface area contributed by atoms with E-state index in [1.165, 1.54) is 0 Å². The van der Waals surface area contributed by atoms with Gasteiger partial charge in [-0.25, -0.2) is 14.6 Å². The van der Waals surface area contributed by atoms with Crippen molar-refractivity contribution >= 4 is 24.1 Å². The van der Waals surface area contributed by atoms with Crippen molar-refractivity contribution in [3.05, 3.63) is 0 Å². The van der Waals surface area contributed by atoms with Crippen molar-refractivity contribution in [3.8, 4) is 0 Å². The molecule has 0 aliphatic heterocycles. The molecule has 0 fully saturated rings. The Balaban J connectivity index is 5.59. The van der Waals surface area contributed by atoms with Crippen LogP contribution in [0.2, 0.25) is 0 Å². The fraction of sp³-hybridized carbons (Fsp3) is 0.733. The number of aliphatic imine (C=N–C) groups is 1. The monoisotopic (exact) mass is 471 g/mol. The van der Waals surface area contributed by atoms with Gasteiger partial charge in [0.25, 0.3) is 0 Å². The molecule has 0 aromatic carbocycles. The number of hydrogen-bond acceptors (Lipinski definition) is 13. The van der Waals surface area contributed by atoms with Crippen LogP contribution in [0.1, 0.15) is 0 Å². The number of aliphatic hydroxyl groups excluding tert-OH is 7. The molecule has 0 rings (SSSR count). The fourth-order valence-corrected chi connectivity index (χ4v) is 2.26. The molecule has 0 aliphatic carbocycles. The minimum Gasteiger partial charge on any atom is -0.394 e. The van der Waals surface area contributed by atoms with Crippen molar-refractivity contribution in [2.24, 2.45) is 16.5 Å². The van der Waals surface area contributed by atoms with Crippen LogP contribution in [0.25, 0.3) is 0 Å². The first-order valence-electron chi connectivity index (χ1n) is 8.93. The van der Waals surface area contributed by atoms with E-state index in [1.807, 2.05) is 10.6 Å². The third kappa shape index (κ3) is 9.04. The molecule has 0 heterocycles. The van der Waals surface area contributed by atoms with Gasteiger partial charge < -0.3 is 62.4 Å². The number of aliphatic hydroxyl groups is 8. The molecule has 0 saturated heterocycles. The summed E-state index contributed by atoms with van der Waals surface area (Å²) in [5.74, 6) is -1.34. The SMILES string of the molecule is NC(=O)N=CC(O)C(OCNC(O)(C(=O)CNC(N)=O)C(O)C(O)CO)C(O)C(O)CO. The average Bonchev–Trinajstić information content (AvgIpc) is 2.75. The van der Waals surface area contributed by atoms with E-state index in [0.29, 0.717) is 6.21 Å². The summed E-state index contributed by atoms with van der Waals surface area (Å²) in [5, 5.41) is 81.5. The first kappa shape index (κ1) is 29.7. The number of carbonyl (C=O) groups excluding carboxylic acids is 3. The van der Waals surface area contributed by atoms with Crippen LogP contribution in [0.5, 0.6) is 0 Å². The van der Waals surface area contributed by atoms with Crippen molar-refractivity contribution in [1.82, 2.24) is 10.6 Å². The lowest BCUT2D eigenvalue weighted by molar-refractivity contribution is -0.185. The third-order valence-electron chi connectivity index (χ3n) is 4.05. The van der Waals surface area contributed by atoms with Crippen LogP contribution in [-0.4, -0.2) is 134 Å². The minimum absolute atomic E-state index is 0.540. The molecule has 186 valence electrons. The summed E-state index contributed by atoms with van der Waals surface area (Å²) < 4.78 is 5.05. The molecule has 4 amide bonds. The summed E-state index contributed by atoms with van der Waals surface area (Å²) in [6.07, 6.45) is -11.5. The molecule has 32 heavy (non-hydrogen) atoms. The Morgan fingerprint density at radius 3 is 2.06 bits per heavy atom. The van der Waals surface area contributed by atoms with Crippen LogP contribution in [0, 0.1) is 0 Å². The minimum atomic E-state index is -3.05. The predicted octanol–water partition coefficient (Wildman–Crippen LogP) is -7.22. The van der Waals surface area contributed by atoms with Gasteiger partial charge in [0.2, 0.25) is 11.5 Å². The second kappa shape index (κ2) is 14.0. The van der Waals surface area contributed by atoms with Gasteiger partial charge in [-0.2, -0.15) is 0 Å². The van der Waals surface area contributed by atoms with Gasteiger partial charge in [-0.1, -0.05) is 0 Å². The van der Waals surface area contributed by atoms with Crippen LogP contribution < -0.4 is 22.1 Å². The van der Waals surface area contributed by atoms with E-state index in [4.69, 9.17) is 26.4 Å². The van der Waals surface area contributed by atoms with Crippen LogP contribution in [0.3, 0.4) is 0 Å². The number of nitrogens with zero attached hydrogens (tertiary/aromatic N) is 1. The molecule has 7 atom stereocenters. The lowest BCUT2D eigenvalue weighted by Gasteiger charge is -2.35. The zero-order chi connectivity index (χ0) is 25.1. The number of amides is 4. The van der Waals surface area contributed by atoms with Gasteiger partial charge in [-0.05, 0) is 0 Å². The second-order valence-electron chi connectivity index (χ2n) is 6.40. The second-order valence-corrected chi connectivity index (χ2v) is 6.40. The normalized spacial score (nSPS) is 19.4. The number of ketones is 1. The van der Waals surface area contributed by atoms with Crippen molar-refractivity contribution in [1.29, 1.82) is 0 Å². The number of primary amides is 2. The molecule has 17 heteroatoms. The topological polar surface area (TPSA) is 311 Å². The number of Topliss-reactive ketones (excluding diaryl/α,β-unsaturated/α-hetero) is 1. The van der Waals surface area contributed by atoms with Crippen LogP contribution >= 0.6 is 0 Å². The molecular weight excluding hydrogens is 442 g/mol. The molecule has 17 nitrogen and oxygen atoms in total. The number of hydrogen-bond donors (Lipinski definition) is 12. The lowest BCUT2D eigenvalue weighted by atomic mass is 9.97. The third-order valence-corrected chi connectivity index (χ3v) is 4.05. The molecule has 7 unspecified atom stereocenters. The standard InChI is InChI=1S/C15H29N5O12/c16-13(29)18-1-6(23)11(10(27)7(24)3-21)32-5-20-15(31,12(28)8(25)4-22)9(26)2-19-14(17)30/h1,6-8,10-12,20-25,27-28,31H,2-5H2,(H2,16,29)(H3,17,19,30). The summed E-state index contributed by atoms with van der Waals surface area (Å²) in [5.41, 5.74) is 6.55. The van der Waals surface area contributed by atoms with Crippen LogP contribution in [0.4, 0.5) is 9.59 Å². The maximum absolute atomic E-state index is 12.3. The van der Waals surface area contributed by atoms with E-state index < -0.39 is 86.7 Å². The van der Waals surface area contributed by atoms with Gasteiger partial charge in [-0.3, -0.25) is 10.1 Å². The smallest absolute Gasteiger partial charge is 0.338 e. The largest absolute Gasteiger partial charge is 0.394 e. The molecule has 0 aromatic heterocycles. The van der Waals surface area contributed by atoms with Gasteiger partial charge in [0.05, 0.1) is 26.5 Å². The van der Waals surface area contributed by atoms with E-state index in [0.717, 1.165) is 0 Å². The summed E-state index contributed by atoms with van der Waals surface area (Å²) in [6, 6.07) is -2.38. The van der Waals surface area contributed by atoms with E-state index in [-0.39, 0.29) is 0 Å². The van der Waals surface area contributed by atoms with Crippen molar-refractivity contribution in [3.63, 3.8) is 0 Å². The summed E-state index contributed by atoms with van der Waals surface area (Å²) in [7, 11) is 0. The molecule has 0 aliphatic rings. The van der Waals surface area contributed by atoms with Gasteiger partial charge in [-0.15, -0.1) is 0 Å². The lowest BCUT2D eigenvalue weighted by Crippen LogP contribution is -2.67. The molecule has 0 saturated carbocycles. The Hall–Kier alpha value is -2.32. The van der Waals surface area contributed by atoms with Gasteiger partial charge in [0.1, 0.15) is 36.6 Å². The Bertz CT molecular complexity index is 652. The van der Waals surface area contributed by atoms with Gasteiger partial charge in [0, 0.05) is 6.21 Å². The summed E-state index contributed by atoms with van der Waals surface area (Å²) >= 11 is 0. The summed E-state index contributed by atoms with van der Waals surface area (Å²) in [4.78, 5) is 36.8. The van der Waals surface area contributed by atoms with E-state index in [1.54, 1.807) is 0 Å². The van der Waals surface area contributed by atoms with E-state index in [2.05, 4.69) is 4.99 Å². The number of ether oxygens (including phenoxy) is 1. The van der Waals surface area contributed by atoms with E-state index in [9.17, 15) is 45.0 Å². The first-order chi connectivity index (χ1) is 14.8. The van der Waals surface area contributed by atoms with Gasteiger partial charge in [0.15, 0.2) is 0 Å². The van der Waals surface area contributed by atoms with Crippen LogP contribution in [0.15, 0.2) is 4.99 Å².